The number of methoxy groups -OCH3 is 1. The number of hydrogen-bond acceptors (Lipinski definition) is 4. The van der Waals surface area contributed by atoms with E-state index in [1.807, 2.05) is 74.2 Å². The predicted molar refractivity (Wildman–Crippen MR) is 125 cm³/mol. The standard InChI is InChI=1S/C25H27BrN2O4/c1-24(2,3)32-23(30)27-12-10-25(11-13-27)21-9-8-18(26)15-20(21)22(29)28(25)16-17-6-5-7-19(14-17)31-4/h5-10,12,14-15H,11,13,16H2,1-4H3. The highest BCUT2D eigenvalue weighted by Gasteiger charge is 2.49. The minimum absolute atomic E-state index is 0.0283. The van der Waals surface area contributed by atoms with E-state index < -0.39 is 11.1 Å². The second-order valence-electron chi connectivity index (χ2n) is 9.10. The van der Waals surface area contributed by atoms with Crippen molar-refractivity contribution >= 4 is 27.9 Å². The molecule has 1 atom stereocenters. The van der Waals surface area contributed by atoms with Gasteiger partial charge in [0.2, 0.25) is 0 Å². The third-order valence-electron chi connectivity index (χ3n) is 5.77. The number of amides is 2. The number of hydrogen-bond donors (Lipinski definition) is 0. The van der Waals surface area contributed by atoms with Crippen LogP contribution in [0.15, 0.2) is 59.2 Å². The Labute approximate surface area is 196 Å². The number of halogens is 1. The lowest BCUT2D eigenvalue weighted by molar-refractivity contribution is 0.0268. The molecular formula is C25H27BrN2O4. The minimum atomic E-state index is -0.630. The first kappa shape index (κ1) is 22.4. The van der Waals surface area contributed by atoms with Gasteiger partial charge in [-0.2, -0.15) is 0 Å². The highest BCUT2D eigenvalue weighted by atomic mass is 79.9. The van der Waals surface area contributed by atoms with Crippen LogP contribution in [0.1, 0.15) is 48.7 Å². The Balaban J connectivity index is 1.71. The number of benzene rings is 2. The van der Waals surface area contributed by atoms with Gasteiger partial charge in [0, 0.05) is 29.3 Å². The molecule has 2 amide bonds. The summed E-state index contributed by atoms with van der Waals surface area (Å²) in [5.41, 5.74) is 1.41. The Morgan fingerprint density at radius 1 is 1.19 bits per heavy atom. The van der Waals surface area contributed by atoms with Crippen molar-refractivity contribution in [3.05, 3.63) is 75.9 Å². The van der Waals surface area contributed by atoms with Gasteiger partial charge in [-0.05, 0) is 68.7 Å². The molecule has 0 bridgehead atoms. The first-order chi connectivity index (χ1) is 15.1. The first-order valence-corrected chi connectivity index (χ1v) is 11.4. The minimum Gasteiger partial charge on any atom is -0.497 e. The van der Waals surface area contributed by atoms with Gasteiger partial charge in [-0.25, -0.2) is 4.79 Å². The van der Waals surface area contributed by atoms with Gasteiger partial charge >= 0.3 is 6.09 Å². The molecule has 6 nitrogen and oxygen atoms in total. The van der Waals surface area contributed by atoms with Crippen LogP contribution >= 0.6 is 15.9 Å². The van der Waals surface area contributed by atoms with Crippen molar-refractivity contribution in [1.29, 1.82) is 0 Å². The summed E-state index contributed by atoms with van der Waals surface area (Å²) in [6.45, 7) is 6.42. The molecule has 2 aliphatic heterocycles. The number of nitrogens with zero attached hydrogens (tertiary/aromatic N) is 2. The molecule has 2 aliphatic rings. The highest BCUT2D eigenvalue weighted by molar-refractivity contribution is 9.10. The van der Waals surface area contributed by atoms with Gasteiger partial charge in [0.25, 0.3) is 5.91 Å². The maximum absolute atomic E-state index is 13.5. The molecule has 2 heterocycles. The summed E-state index contributed by atoms with van der Waals surface area (Å²) in [5, 5.41) is 0. The molecule has 0 saturated carbocycles. The lowest BCUT2D eigenvalue weighted by Gasteiger charge is -2.41. The van der Waals surface area contributed by atoms with Crippen LogP contribution in [0.4, 0.5) is 4.79 Å². The molecule has 168 valence electrons. The summed E-state index contributed by atoms with van der Waals surface area (Å²) < 4.78 is 11.7. The molecule has 1 spiro atoms. The second-order valence-corrected chi connectivity index (χ2v) is 10.0. The number of carbonyl (C=O) groups is 2. The number of ether oxygens (including phenoxy) is 2. The lowest BCUT2D eigenvalue weighted by Crippen LogP contribution is -2.47. The van der Waals surface area contributed by atoms with Crippen LogP contribution in [-0.4, -0.2) is 41.1 Å². The molecule has 1 unspecified atom stereocenters. The third kappa shape index (κ3) is 4.13. The Morgan fingerprint density at radius 3 is 2.62 bits per heavy atom. The van der Waals surface area contributed by atoms with Crippen molar-refractivity contribution in [2.24, 2.45) is 0 Å². The zero-order valence-electron chi connectivity index (χ0n) is 18.7. The van der Waals surface area contributed by atoms with E-state index in [4.69, 9.17) is 9.47 Å². The second kappa shape index (κ2) is 8.28. The number of rotatable bonds is 3. The maximum atomic E-state index is 13.5. The highest BCUT2D eigenvalue weighted by Crippen LogP contribution is 2.46. The fraction of sp³-hybridized carbons (Fsp3) is 0.360. The quantitative estimate of drug-likeness (QED) is 0.563. The first-order valence-electron chi connectivity index (χ1n) is 10.6. The summed E-state index contributed by atoms with van der Waals surface area (Å²) in [5.74, 6) is 0.721. The molecule has 32 heavy (non-hydrogen) atoms. The average Bonchev–Trinajstić information content (AvgIpc) is 2.95. The Morgan fingerprint density at radius 2 is 1.97 bits per heavy atom. The summed E-state index contributed by atoms with van der Waals surface area (Å²) in [6, 6.07) is 13.6. The van der Waals surface area contributed by atoms with E-state index in [1.165, 1.54) is 0 Å². The van der Waals surface area contributed by atoms with Crippen LogP contribution in [0.3, 0.4) is 0 Å². The number of carbonyl (C=O) groups excluding carboxylic acids is 2. The monoisotopic (exact) mass is 498 g/mol. The molecule has 0 aliphatic carbocycles. The van der Waals surface area contributed by atoms with Gasteiger partial charge in [0.1, 0.15) is 11.4 Å². The van der Waals surface area contributed by atoms with Gasteiger partial charge in [0.15, 0.2) is 0 Å². The molecule has 0 aromatic heterocycles. The van der Waals surface area contributed by atoms with Gasteiger partial charge in [-0.1, -0.05) is 34.1 Å². The van der Waals surface area contributed by atoms with E-state index in [1.54, 1.807) is 18.2 Å². The summed E-state index contributed by atoms with van der Waals surface area (Å²) >= 11 is 3.49. The topological polar surface area (TPSA) is 59.1 Å². The molecule has 2 aromatic rings. The summed E-state index contributed by atoms with van der Waals surface area (Å²) in [6.07, 6.45) is 3.90. The van der Waals surface area contributed by atoms with E-state index in [9.17, 15) is 9.59 Å². The maximum Gasteiger partial charge on any atom is 0.414 e. The van der Waals surface area contributed by atoms with Crippen molar-refractivity contribution in [3.63, 3.8) is 0 Å². The van der Waals surface area contributed by atoms with Crippen molar-refractivity contribution in [1.82, 2.24) is 9.80 Å². The van der Waals surface area contributed by atoms with Crippen molar-refractivity contribution in [3.8, 4) is 5.75 Å². The van der Waals surface area contributed by atoms with E-state index in [0.29, 0.717) is 25.1 Å². The van der Waals surface area contributed by atoms with Gasteiger partial charge in [0.05, 0.1) is 12.6 Å². The zero-order chi connectivity index (χ0) is 23.1. The predicted octanol–water partition coefficient (Wildman–Crippen LogP) is 5.46. The Kier molecular flexibility index (Phi) is 5.79. The van der Waals surface area contributed by atoms with E-state index in [2.05, 4.69) is 15.9 Å². The van der Waals surface area contributed by atoms with Crippen LogP contribution in [0.2, 0.25) is 0 Å². The summed E-state index contributed by atoms with van der Waals surface area (Å²) in [7, 11) is 1.63. The molecule has 0 fully saturated rings. The third-order valence-corrected chi connectivity index (χ3v) is 6.27. The number of fused-ring (bicyclic) bond motifs is 2. The van der Waals surface area contributed by atoms with Crippen molar-refractivity contribution in [2.45, 2.75) is 44.9 Å². The fourth-order valence-corrected chi connectivity index (χ4v) is 4.65. The van der Waals surface area contributed by atoms with Crippen LogP contribution in [0, 0.1) is 0 Å². The largest absolute Gasteiger partial charge is 0.497 e. The smallest absolute Gasteiger partial charge is 0.414 e. The SMILES string of the molecule is COc1cccc(CN2C(=O)c3cc(Br)ccc3C23C=CN(C(=O)OC(C)(C)C)CC3)c1. The van der Waals surface area contributed by atoms with Crippen LogP contribution in [0.25, 0.3) is 0 Å². The average molecular weight is 499 g/mol. The molecule has 4 rings (SSSR count). The van der Waals surface area contributed by atoms with Crippen LogP contribution < -0.4 is 4.74 Å². The van der Waals surface area contributed by atoms with Crippen LogP contribution in [0.5, 0.6) is 5.75 Å². The van der Waals surface area contributed by atoms with Gasteiger partial charge in [-0.3, -0.25) is 9.69 Å². The zero-order valence-corrected chi connectivity index (χ0v) is 20.3. The fourth-order valence-electron chi connectivity index (χ4n) is 4.29. The van der Waals surface area contributed by atoms with E-state index in [-0.39, 0.29) is 12.0 Å². The van der Waals surface area contributed by atoms with Crippen molar-refractivity contribution < 1.29 is 19.1 Å². The molecule has 0 saturated heterocycles. The Hall–Kier alpha value is -2.80. The van der Waals surface area contributed by atoms with E-state index >= 15 is 0 Å². The molecule has 7 heteroatoms. The normalized spacial score (nSPS) is 20.0. The summed E-state index contributed by atoms with van der Waals surface area (Å²) in [4.78, 5) is 29.5. The van der Waals surface area contributed by atoms with E-state index in [0.717, 1.165) is 21.3 Å². The molecule has 0 N–H and O–H groups in total. The Bertz CT molecular complexity index is 1090. The molecule has 2 aromatic carbocycles. The van der Waals surface area contributed by atoms with Crippen LogP contribution in [-0.2, 0) is 16.8 Å². The van der Waals surface area contributed by atoms with Gasteiger partial charge in [-0.15, -0.1) is 0 Å². The molecule has 0 radical (unpaired) electrons. The van der Waals surface area contributed by atoms with Crippen molar-refractivity contribution in [2.75, 3.05) is 13.7 Å². The van der Waals surface area contributed by atoms with Gasteiger partial charge < -0.3 is 14.4 Å². The molecular weight excluding hydrogens is 472 g/mol. The lowest BCUT2D eigenvalue weighted by atomic mass is 9.84.